The van der Waals surface area contributed by atoms with Gasteiger partial charge in [-0.2, -0.15) is 0 Å². The van der Waals surface area contributed by atoms with Crippen molar-refractivity contribution in [2.75, 3.05) is 6.54 Å². The lowest BCUT2D eigenvalue weighted by molar-refractivity contribution is -0.157. The van der Waals surface area contributed by atoms with Gasteiger partial charge in [-0.15, -0.1) is 0 Å². The van der Waals surface area contributed by atoms with Crippen molar-refractivity contribution < 1.29 is 14.3 Å². The van der Waals surface area contributed by atoms with Crippen LogP contribution in [0.25, 0.3) is 0 Å². The molecule has 4 heteroatoms. The van der Waals surface area contributed by atoms with Crippen molar-refractivity contribution in [1.29, 1.82) is 0 Å². The molecule has 2 rings (SSSR count). The average molecular weight is 265 g/mol. The molecule has 19 heavy (non-hydrogen) atoms. The van der Waals surface area contributed by atoms with Crippen molar-refractivity contribution in [3.63, 3.8) is 0 Å². The van der Waals surface area contributed by atoms with Crippen LogP contribution < -0.4 is 5.32 Å². The third-order valence-corrected chi connectivity index (χ3v) is 4.54. The number of allylic oxidation sites excluding steroid dienone is 1. The lowest BCUT2D eigenvalue weighted by Crippen LogP contribution is -2.42. The standard InChI is InChI=1S/C15H23NO3/c1-9-10(2)15(3,4)8-12(13(9)17)19-14(18)11-6-5-7-16-11/h11-12,16H,5-8H2,1-4H3. The van der Waals surface area contributed by atoms with Crippen LogP contribution in [0.1, 0.15) is 47.0 Å². The van der Waals surface area contributed by atoms with Crippen molar-refractivity contribution in [2.24, 2.45) is 5.41 Å². The molecule has 1 aliphatic carbocycles. The first-order valence-electron chi connectivity index (χ1n) is 6.99. The minimum Gasteiger partial charge on any atom is -0.453 e. The van der Waals surface area contributed by atoms with Crippen LogP contribution in [0, 0.1) is 5.41 Å². The van der Waals surface area contributed by atoms with Gasteiger partial charge in [-0.1, -0.05) is 19.4 Å². The summed E-state index contributed by atoms with van der Waals surface area (Å²) in [5.74, 6) is -0.317. The largest absolute Gasteiger partial charge is 0.453 e. The lowest BCUT2D eigenvalue weighted by atomic mass is 9.72. The Morgan fingerprint density at radius 2 is 2.05 bits per heavy atom. The van der Waals surface area contributed by atoms with E-state index in [9.17, 15) is 9.59 Å². The molecular formula is C15H23NO3. The Hall–Kier alpha value is -1.16. The lowest BCUT2D eigenvalue weighted by Gasteiger charge is -2.36. The first-order valence-corrected chi connectivity index (χ1v) is 6.99. The molecule has 1 aliphatic heterocycles. The number of hydrogen-bond acceptors (Lipinski definition) is 4. The molecule has 0 bridgehead atoms. The summed E-state index contributed by atoms with van der Waals surface area (Å²) >= 11 is 0. The molecule has 0 spiro atoms. The van der Waals surface area contributed by atoms with Crippen LogP contribution in [-0.4, -0.2) is 30.4 Å². The maximum absolute atomic E-state index is 12.2. The number of Topliss-reactive ketones (excluding diaryl/α,β-unsaturated/α-hetero) is 1. The van der Waals surface area contributed by atoms with Crippen LogP contribution in [0.15, 0.2) is 11.1 Å². The molecule has 1 N–H and O–H groups in total. The third-order valence-electron chi connectivity index (χ3n) is 4.54. The fourth-order valence-corrected chi connectivity index (χ4v) is 2.85. The van der Waals surface area contributed by atoms with Gasteiger partial charge >= 0.3 is 5.97 Å². The van der Waals surface area contributed by atoms with Crippen molar-refractivity contribution in [3.8, 4) is 0 Å². The molecule has 0 amide bonds. The normalized spacial score (nSPS) is 30.6. The Balaban J connectivity index is 2.09. The van der Waals surface area contributed by atoms with Crippen LogP contribution in [0.3, 0.4) is 0 Å². The monoisotopic (exact) mass is 265 g/mol. The summed E-state index contributed by atoms with van der Waals surface area (Å²) in [6.07, 6.45) is 1.75. The van der Waals surface area contributed by atoms with Gasteiger partial charge in [0.05, 0.1) is 0 Å². The highest BCUT2D eigenvalue weighted by molar-refractivity contribution is 6.01. The molecule has 1 heterocycles. The van der Waals surface area contributed by atoms with E-state index in [1.54, 1.807) is 0 Å². The quantitative estimate of drug-likeness (QED) is 0.776. The van der Waals surface area contributed by atoms with Crippen molar-refractivity contribution in [2.45, 2.75) is 59.1 Å². The maximum atomic E-state index is 12.2. The minimum atomic E-state index is -0.617. The molecule has 1 saturated heterocycles. The number of ether oxygens (including phenoxy) is 1. The Morgan fingerprint density at radius 3 is 2.63 bits per heavy atom. The summed E-state index contributed by atoms with van der Waals surface area (Å²) in [7, 11) is 0. The van der Waals surface area contributed by atoms with E-state index in [2.05, 4.69) is 19.2 Å². The Bertz CT molecular complexity index is 431. The van der Waals surface area contributed by atoms with Gasteiger partial charge in [0, 0.05) is 6.42 Å². The van der Waals surface area contributed by atoms with E-state index in [1.807, 2.05) is 13.8 Å². The zero-order chi connectivity index (χ0) is 14.2. The molecule has 4 nitrogen and oxygen atoms in total. The molecule has 2 atom stereocenters. The molecule has 1 fully saturated rings. The van der Waals surface area contributed by atoms with Crippen LogP contribution in [0.2, 0.25) is 0 Å². The first kappa shape index (κ1) is 14.3. The van der Waals surface area contributed by atoms with Gasteiger partial charge < -0.3 is 10.1 Å². The number of rotatable bonds is 2. The Morgan fingerprint density at radius 1 is 1.37 bits per heavy atom. The van der Waals surface area contributed by atoms with E-state index in [1.165, 1.54) is 0 Å². The van der Waals surface area contributed by atoms with Gasteiger partial charge in [0.25, 0.3) is 0 Å². The van der Waals surface area contributed by atoms with Crippen LogP contribution in [0.4, 0.5) is 0 Å². The smallest absolute Gasteiger partial charge is 0.323 e. The van der Waals surface area contributed by atoms with Gasteiger partial charge in [-0.05, 0) is 44.2 Å². The molecule has 2 aliphatic rings. The zero-order valence-electron chi connectivity index (χ0n) is 12.2. The van der Waals surface area contributed by atoms with E-state index < -0.39 is 6.10 Å². The number of ketones is 1. The van der Waals surface area contributed by atoms with Gasteiger partial charge in [-0.3, -0.25) is 9.59 Å². The second-order valence-corrected chi connectivity index (χ2v) is 6.28. The predicted octanol–water partition coefficient (Wildman–Crippen LogP) is 1.99. The second kappa shape index (κ2) is 5.08. The Kier molecular flexibility index (Phi) is 3.81. The fourth-order valence-electron chi connectivity index (χ4n) is 2.85. The van der Waals surface area contributed by atoms with Crippen molar-refractivity contribution in [3.05, 3.63) is 11.1 Å². The van der Waals surface area contributed by atoms with Crippen molar-refractivity contribution in [1.82, 2.24) is 5.32 Å². The number of nitrogens with one attached hydrogen (secondary N) is 1. The highest BCUT2D eigenvalue weighted by atomic mass is 16.5. The number of carbonyl (C=O) groups excluding carboxylic acids is 2. The first-order chi connectivity index (χ1) is 8.83. The molecule has 2 unspecified atom stereocenters. The molecule has 0 aromatic carbocycles. The van der Waals surface area contributed by atoms with Gasteiger partial charge in [0.15, 0.2) is 11.9 Å². The molecule has 0 saturated carbocycles. The number of esters is 1. The van der Waals surface area contributed by atoms with E-state index >= 15 is 0 Å². The van der Waals surface area contributed by atoms with Gasteiger partial charge in [0.2, 0.25) is 0 Å². The van der Waals surface area contributed by atoms with Crippen molar-refractivity contribution >= 4 is 11.8 Å². The molecule has 0 radical (unpaired) electrons. The highest BCUT2D eigenvalue weighted by Crippen LogP contribution is 2.39. The summed E-state index contributed by atoms with van der Waals surface area (Å²) in [6.45, 7) is 8.85. The SMILES string of the molecule is CC1=C(C)C(C)(C)CC(OC(=O)C2CCCN2)C1=O. The van der Waals surface area contributed by atoms with E-state index in [-0.39, 0.29) is 23.2 Å². The molecule has 0 aromatic rings. The van der Waals surface area contributed by atoms with Crippen LogP contribution >= 0.6 is 0 Å². The maximum Gasteiger partial charge on any atom is 0.323 e. The topological polar surface area (TPSA) is 55.4 Å². The molecular weight excluding hydrogens is 242 g/mol. The highest BCUT2D eigenvalue weighted by Gasteiger charge is 2.39. The predicted molar refractivity (Wildman–Crippen MR) is 72.7 cm³/mol. The third kappa shape index (κ3) is 2.73. The van der Waals surface area contributed by atoms with E-state index in [0.29, 0.717) is 6.42 Å². The summed E-state index contributed by atoms with van der Waals surface area (Å²) in [5, 5.41) is 3.10. The Labute approximate surface area is 114 Å². The fraction of sp³-hybridized carbons (Fsp3) is 0.733. The van der Waals surface area contributed by atoms with Gasteiger partial charge in [-0.25, -0.2) is 0 Å². The van der Waals surface area contributed by atoms with Crippen LogP contribution in [-0.2, 0) is 14.3 Å². The zero-order valence-corrected chi connectivity index (χ0v) is 12.2. The van der Waals surface area contributed by atoms with Crippen LogP contribution in [0.5, 0.6) is 0 Å². The average Bonchev–Trinajstić information content (AvgIpc) is 2.87. The summed E-state index contributed by atoms with van der Waals surface area (Å²) < 4.78 is 5.46. The summed E-state index contributed by atoms with van der Waals surface area (Å²) in [4.78, 5) is 24.2. The summed E-state index contributed by atoms with van der Waals surface area (Å²) in [6, 6.07) is -0.233. The van der Waals surface area contributed by atoms with E-state index in [0.717, 1.165) is 30.5 Å². The van der Waals surface area contributed by atoms with E-state index in [4.69, 9.17) is 4.74 Å². The number of carbonyl (C=O) groups is 2. The number of hydrogen-bond donors (Lipinski definition) is 1. The minimum absolute atomic E-state index is 0.0387. The second-order valence-electron chi connectivity index (χ2n) is 6.28. The summed E-state index contributed by atoms with van der Waals surface area (Å²) in [5.41, 5.74) is 1.75. The molecule has 0 aromatic heterocycles. The molecule has 106 valence electrons. The van der Waals surface area contributed by atoms with Gasteiger partial charge in [0.1, 0.15) is 6.04 Å².